The fourth-order valence-corrected chi connectivity index (χ4v) is 6.68. The summed E-state index contributed by atoms with van der Waals surface area (Å²) in [4.78, 5) is 15.4. The summed E-state index contributed by atoms with van der Waals surface area (Å²) in [6, 6.07) is 25.7. The summed E-state index contributed by atoms with van der Waals surface area (Å²) < 4.78 is 7.91. The molecule has 4 aromatic carbocycles. The van der Waals surface area contributed by atoms with Gasteiger partial charge in [-0.15, -0.1) is 0 Å². The van der Waals surface area contributed by atoms with Gasteiger partial charge in [0.2, 0.25) is 0 Å². The van der Waals surface area contributed by atoms with Crippen molar-refractivity contribution < 1.29 is 14.6 Å². The van der Waals surface area contributed by atoms with Crippen molar-refractivity contribution in [3.63, 3.8) is 0 Å². The molecule has 0 saturated heterocycles. The Balaban J connectivity index is 1.77. The maximum Gasteiger partial charge on any atom is 0.197 e. The zero-order valence-electron chi connectivity index (χ0n) is 17.9. The highest BCUT2D eigenvalue weighted by Gasteiger charge is 2.25. The fourth-order valence-electron chi connectivity index (χ4n) is 3.55. The van der Waals surface area contributed by atoms with Crippen molar-refractivity contribution in [2.24, 2.45) is 0 Å². The summed E-state index contributed by atoms with van der Waals surface area (Å²) in [5.41, 5.74) is 0.459. The Morgan fingerprint density at radius 3 is 1.89 bits per heavy atom. The van der Waals surface area contributed by atoms with Crippen molar-refractivity contribution in [3.05, 3.63) is 104 Å². The Morgan fingerprint density at radius 2 is 1.29 bits per heavy atom. The maximum atomic E-state index is 13.3. The van der Waals surface area contributed by atoms with E-state index in [1.54, 1.807) is 0 Å². The largest absolute Gasteiger partial charge is 0.506 e. The van der Waals surface area contributed by atoms with Crippen molar-refractivity contribution in [2.45, 2.75) is 19.6 Å². The third-order valence-corrected chi connectivity index (χ3v) is 8.27. The third-order valence-electron chi connectivity index (χ3n) is 5.13. The molecule has 0 spiro atoms. The molecule has 0 radical (unpaired) electrons. The van der Waals surface area contributed by atoms with E-state index in [2.05, 4.69) is 31.9 Å². The van der Waals surface area contributed by atoms with E-state index < -0.39 is 5.43 Å². The Morgan fingerprint density at radius 1 is 0.686 bits per heavy atom. The minimum absolute atomic E-state index is 0.0254. The summed E-state index contributed by atoms with van der Waals surface area (Å²) in [7, 11) is 0. The van der Waals surface area contributed by atoms with Crippen LogP contribution in [-0.2, 0) is 0 Å². The molecule has 0 saturated carbocycles. The smallest absolute Gasteiger partial charge is 0.197 e. The lowest BCUT2D eigenvalue weighted by Gasteiger charge is -2.15. The van der Waals surface area contributed by atoms with E-state index in [0.29, 0.717) is 10.7 Å². The molecule has 0 aliphatic heterocycles. The fraction of sp³-hybridized carbons (Fsp3) is 0. The van der Waals surface area contributed by atoms with E-state index >= 15 is 0 Å². The van der Waals surface area contributed by atoms with Crippen LogP contribution in [0.15, 0.2) is 123 Å². The maximum absolute atomic E-state index is 13.3. The van der Waals surface area contributed by atoms with Crippen LogP contribution in [0.25, 0.3) is 22.3 Å². The molecule has 2 N–H and O–H groups in total. The molecule has 5 aromatic rings. The standard InChI is InChI=1S/C27H16Br2O4S2/c28-16-8-4-10-18(12-16)34-26-23(31)22-20(30)14-21(15-6-2-1-3-7-15)33-25(22)27(24(26)32)35-19-11-5-9-17(29)13-19/h1-14,31-32H. The number of halogens is 2. The molecule has 0 atom stereocenters. The summed E-state index contributed by atoms with van der Waals surface area (Å²) in [5.74, 6) is -0.113. The number of rotatable bonds is 5. The predicted molar refractivity (Wildman–Crippen MR) is 148 cm³/mol. The minimum atomic E-state index is -0.394. The van der Waals surface area contributed by atoms with Crippen molar-refractivity contribution in [1.82, 2.24) is 0 Å². The summed E-state index contributed by atoms with van der Waals surface area (Å²) in [5, 5.41) is 22.6. The Labute approximate surface area is 226 Å². The van der Waals surface area contributed by atoms with E-state index in [1.165, 1.54) is 29.6 Å². The monoisotopic (exact) mass is 626 g/mol. The van der Waals surface area contributed by atoms with Gasteiger partial charge in [0.1, 0.15) is 16.9 Å². The average molecular weight is 628 g/mol. The SMILES string of the molecule is O=c1cc(-c2ccccc2)oc2c(Sc3cccc(Br)c3)c(O)c(Sc3cccc(Br)c3)c(O)c12. The first kappa shape index (κ1) is 24.1. The van der Waals surface area contributed by atoms with E-state index in [9.17, 15) is 15.0 Å². The van der Waals surface area contributed by atoms with Gasteiger partial charge in [0.05, 0.1) is 9.79 Å². The molecule has 0 amide bonds. The van der Waals surface area contributed by atoms with Crippen molar-refractivity contribution in [3.8, 4) is 22.8 Å². The number of hydrogen-bond donors (Lipinski definition) is 2. The van der Waals surface area contributed by atoms with Crippen LogP contribution in [-0.4, -0.2) is 10.2 Å². The van der Waals surface area contributed by atoms with Crippen LogP contribution in [0.5, 0.6) is 11.5 Å². The van der Waals surface area contributed by atoms with Crippen molar-refractivity contribution >= 4 is 66.4 Å². The van der Waals surface area contributed by atoms with Crippen LogP contribution in [0.3, 0.4) is 0 Å². The number of aromatic hydroxyl groups is 2. The number of hydrogen-bond acceptors (Lipinski definition) is 6. The molecular weight excluding hydrogens is 612 g/mol. The number of fused-ring (bicyclic) bond motifs is 1. The van der Waals surface area contributed by atoms with Crippen LogP contribution in [0, 0.1) is 0 Å². The zero-order valence-corrected chi connectivity index (χ0v) is 22.7. The molecular formula is C27H16Br2O4S2. The minimum Gasteiger partial charge on any atom is -0.506 e. The average Bonchev–Trinajstić information content (AvgIpc) is 2.84. The molecule has 35 heavy (non-hydrogen) atoms. The number of benzene rings is 4. The molecule has 1 heterocycles. The topological polar surface area (TPSA) is 70.7 Å². The van der Waals surface area contributed by atoms with E-state index in [0.717, 1.165) is 24.3 Å². The Hall–Kier alpha value is -2.65. The first-order valence-corrected chi connectivity index (χ1v) is 13.6. The van der Waals surface area contributed by atoms with Gasteiger partial charge in [-0.05, 0) is 36.4 Å². The third kappa shape index (κ3) is 5.02. The van der Waals surface area contributed by atoms with Gasteiger partial charge in [-0.25, -0.2) is 0 Å². The number of phenols is 2. The molecule has 0 aliphatic rings. The lowest BCUT2D eigenvalue weighted by molar-refractivity contribution is 0.420. The first-order chi connectivity index (χ1) is 16.9. The second-order valence-electron chi connectivity index (χ2n) is 7.52. The lowest BCUT2D eigenvalue weighted by atomic mass is 10.1. The van der Waals surface area contributed by atoms with Gasteiger partial charge in [-0.1, -0.05) is 97.8 Å². The molecule has 5 rings (SSSR count). The van der Waals surface area contributed by atoms with E-state index in [-0.39, 0.29) is 27.4 Å². The second kappa shape index (κ2) is 10.1. The van der Waals surface area contributed by atoms with Gasteiger partial charge in [0.15, 0.2) is 16.8 Å². The van der Waals surface area contributed by atoms with Crippen molar-refractivity contribution in [1.29, 1.82) is 0 Å². The highest BCUT2D eigenvalue weighted by atomic mass is 79.9. The predicted octanol–water partition coefficient (Wildman–Crippen LogP) is 8.70. The van der Waals surface area contributed by atoms with E-state index in [4.69, 9.17) is 4.42 Å². The molecule has 174 valence electrons. The van der Waals surface area contributed by atoms with E-state index in [1.807, 2.05) is 78.9 Å². The normalized spacial score (nSPS) is 11.1. The van der Waals surface area contributed by atoms with Gasteiger partial charge in [0.25, 0.3) is 0 Å². The first-order valence-electron chi connectivity index (χ1n) is 10.4. The summed E-state index contributed by atoms with van der Waals surface area (Å²) in [6.07, 6.45) is 0. The summed E-state index contributed by atoms with van der Waals surface area (Å²) >= 11 is 9.36. The molecule has 1 aromatic heterocycles. The Kier molecular flexibility index (Phi) is 6.98. The number of phenolic OH excluding ortho intramolecular Hbond substituents is 2. The van der Waals surface area contributed by atoms with Gasteiger partial charge >= 0.3 is 0 Å². The van der Waals surface area contributed by atoms with Crippen LogP contribution in [0.2, 0.25) is 0 Å². The zero-order chi connectivity index (χ0) is 24.5. The van der Waals surface area contributed by atoms with Gasteiger partial charge in [-0.3, -0.25) is 4.79 Å². The molecule has 0 aliphatic carbocycles. The van der Waals surface area contributed by atoms with Crippen molar-refractivity contribution in [2.75, 3.05) is 0 Å². The quantitative estimate of drug-likeness (QED) is 0.203. The highest BCUT2D eigenvalue weighted by molar-refractivity contribution is 9.10. The highest BCUT2D eigenvalue weighted by Crippen LogP contribution is 2.52. The van der Waals surface area contributed by atoms with Crippen LogP contribution >= 0.6 is 55.4 Å². The van der Waals surface area contributed by atoms with Gasteiger partial charge in [-0.2, -0.15) is 0 Å². The molecule has 0 fully saturated rings. The molecule has 0 bridgehead atoms. The molecule has 4 nitrogen and oxygen atoms in total. The molecule has 8 heteroatoms. The van der Waals surface area contributed by atoms with Crippen LogP contribution in [0.1, 0.15) is 0 Å². The summed E-state index contributed by atoms with van der Waals surface area (Å²) in [6.45, 7) is 0. The van der Waals surface area contributed by atoms with Crippen LogP contribution in [0.4, 0.5) is 0 Å². The van der Waals surface area contributed by atoms with Gasteiger partial charge < -0.3 is 14.6 Å². The van der Waals surface area contributed by atoms with Crippen LogP contribution < -0.4 is 5.43 Å². The second-order valence-corrected chi connectivity index (χ2v) is 11.5. The lowest BCUT2D eigenvalue weighted by Crippen LogP contribution is -2.03. The van der Waals surface area contributed by atoms with Gasteiger partial charge in [0, 0.05) is 30.4 Å². The Bertz CT molecular complexity index is 1620. The molecule has 0 unspecified atom stereocenters.